The molecule has 3 nitrogen and oxygen atoms in total. The van der Waals surface area contributed by atoms with Gasteiger partial charge in [-0.1, -0.05) is 24.3 Å². The molecular weight excluding hydrogens is 260 g/mol. The zero-order chi connectivity index (χ0) is 15.1. The van der Waals surface area contributed by atoms with E-state index >= 15 is 0 Å². The quantitative estimate of drug-likeness (QED) is 0.875. The highest BCUT2D eigenvalue weighted by Crippen LogP contribution is 2.18. The number of nitrogens with one attached hydrogen (secondary N) is 1. The highest BCUT2D eigenvalue weighted by molar-refractivity contribution is 5.33. The van der Waals surface area contributed by atoms with Crippen LogP contribution in [-0.4, -0.2) is 6.61 Å². The summed E-state index contributed by atoms with van der Waals surface area (Å²) < 4.78 is 5.44. The molecule has 0 radical (unpaired) electrons. The Hall–Kier alpha value is -2.31. The van der Waals surface area contributed by atoms with Gasteiger partial charge in [-0.05, 0) is 49.2 Å². The fourth-order valence-corrected chi connectivity index (χ4v) is 2.16. The molecule has 1 N–H and O–H groups in total. The minimum absolute atomic E-state index is 0.242. The van der Waals surface area contributed by atoms with Gasteiger partial charge in [0.2, 0.25) is 0 Å². The van der Waals surface area contributed by atoms with Crippen LogP contribution in [0.4, 0.5) is 0 Å². The second-order valence-corrected chi connectivity index (χ2v) is 4.92. The molecule has 0 aromatic heterocycles. The van der Waals surface area contributed by atoms with Gasteiger partial charge in [-0.3, -0.25) is 0 Å². The smallest absolute Gasteiger partial charge is 0.119 e. The number of nitrogens with zero attached hydrogens (tertiary/aromatic N) is 1. The topological polar surface area (TPSA) is 45.0 Å². The first-order valence-corrected chi connectivity index (χ1v) is 7.18. The van der Waals surface area contributed by atoms with Crippen molar-refractivity contribution in [3.05, 3.63) is 65.2 Å². The Labute approximate surface area is 126 Å². The van der Waals surface area contributed by atoms with Crippen molar-refractivity contribution in [2.75, 3.05) is 6.61 Å². The molecule has 0 amide bonds. The molecule has 0 heterocycles. The van der Waals surface area contributed by atoms with Crippen molar-refractivity contribution in [2.45, 2.75) is 26.4 Å². The third kappa shape index (κ3) is 4.34. The van der Waals surface area contributed by atoms with E-state index in [0.29, 0.717) is 12.2 Å². The van der Waals surface area contributed by atoms with Crippen LogP contribution in [0.5, 0.6) is 5.75 Å². The summed E-state index contributed by atoms with van der Waals surface area (Å²) in [6, 6.07) is 18.2. The second kappa shape index (κ2) is 7.47. The van der Waals surface area contributed by atoms with Gasteiger partial charge in [0, 0.05) is 12.6 Å². The Bertz CT molecular complexity index is 614. The van der Waals surface area contributed by atoms with Crippen LogP contribution in [0, 0.1) is 11.3 Å². The van der Waals surface area contributed by atoms with Crippen molar-refractivity contribution in [1.29, 1.82) is 5.26 Å². The Morgan fingerprint density at radius 1 is 1.19 bits per heavy atom. The van der Waals surface area contributed by atoms with E-state index in [0.717, 1.165) is 17.9 Å². The van der Waals surface area contributed by atoms with E-state index in [1.807, 2.05) is 43.3 Å². The molecule has 2 rings (SSSR count). The molecule has 0 aliphatic carbocycles. The number of benzene rings is 2. The summed E-state index contributed by atoms with van der Waals surface area (Å²) in [4.78, 5) is 0. The Balaban J connectivity index is 1.94. The van der Waals surface area contributed by atoms with Crippen LogP contribution in [-0.2, 0) is 6.54 Å². The van der Waals surface area contributed by atoms with Gasteiger partial charge in [-0.15, -0.1) is 0 Å². The van der Waals surface area contributed by atoms with Gasteiger partial charge in [0.1, 0.15) is 5.75 Å². The lowest BCUT2D eigenvalue weighted by atomic mass is 10.1. The summed E-state index contributed by atoms with van der Waals surface area (Å²) >= 11 is 0. The molecule has 0 aliphatic rings. The number of hydrogen-bond acceptors (Lipinski definition) is 3. The third-order valence-corrected chi connectivity index (χ3v) is 3.36. The van der Waals surface area contributed by atoms with E-state index in [-0.39, 0.29) is 6.04 Å². The van der Waals surface area contributed by atoms with Gasteiger partial charge in [0.25, 0.3) is 0 Å². The zero-order valence-electron chi connectivity index (χ0n) is 12.5. The highest BCUT2D eigenvalue weighted by Gasteiger charge is 2.05. The first kappa shape index (κ1) is 15.1. The Morgan fingerprint density at radius 3 is 2.62 bits per heavy atom. The van der Waals surface area contributed by atoms with Crippen molar-refractivity contribution in [3.8, 4) is 11.8 Å². The van der Waals surface area contributed by atoms with Crippen molar-refractivity contribution in [1.82, 2.24) is 5.32 Å². The van der Waals surface area contributed by atoms with Gasteiger partial charge in [-0.2, -0.15) is 5.26 Å². The lowest BCUT2D eigenvalue weighted by molar-refractivity contribution is 0.340. The molecule has 21 heavy (non-hydrogen) atoms. The molecule has 2 aromatic carbocycles. The standard InChI is InChI=1S/C18H20N2O/c1-3-21-18-9-7-17(8-10-18)14(2)20-13-16-6-4-5-15(11-16)12-19/h4-11,14,20H,3,13H2,1-2H3. The van der Waals surface area contributed by atoms with Gasteiger partial charge >= 0.3 is 0 Å². The monoisotopic (exact) mass is 280 g/mol. The Kier molecular flexibility index (Phi) is 5.36. The van der Waals surface area contributed by atoms with Gasteiger partial charge in [0.15, 0.2) is 0 Å². The van der Waals surface area contributed by atoms with Crippen LogP contribution in [0.25, 0.3) is 0 Å². The number of rotatable bonds is 6. The van der Waals surface area contributed by atoms with Crippen LogP contribution in [0.2, 0.25) is 0 Å². The van der Waals surface area contributed by atoms with Crippen LogP contribution in [0.15, 0.2) is 48.5 Å². The van der Waals surface area contributed by atoms with Crippen LogP contribution < -0.4 is 10.1 Å². The van der Waals surface area contributed by atoms with Gasteiger partial charge in [0.05, 0.1) is 18.2 Å². The highest BCUT2D eigenvalue weighted by atomic mass is 16.5. The van der Waals surface area contributed by atoms with E-state index < -0.39 is 0 Å². The van der Waals surface area contributed by atoms with E-state index in [9.17, 15) is 0 Å². The van der Waals surface area contributed by atoms with Crippen molar-refractivity contribution < 1.29 is 4.74 Å². The van der Waals surface area contributed by atoms with E-state index in [2.05, 4.69) is 30.4 Å². The average molecular weight is 280 g/mol. The first-order chi connectivity index (χ1) is 10.2. The van der Waals surface area contributed by atoms with Crippen LogP contribution in [0.1, 0.15) is 36.6 Å². The van der Waals surface area contributed by atoms with Crippen LogP contribution >= 0.6 is 0 Å². The predicted octanol–water partition coefficient (Wildman–Crippen LogP) is 3.81. The third-order valence-electron chi connectivity index (χ3n) is 3.36. The van der Waals surface area contributed by atoms with Crippen LogP contribution in [0.3, 0.4) is 0 Å². The maximum atomic E-state index is 8.90. The summed E-state index contributed by atoms with van der Waals surface area (Å²) in [6.45, 7) is 5.53. The van der Waals surface area contributed by atoms with E-state index in [4.69, 9.17) is 10.00 Å². The van der Waals surface area contributed by atoms with E-state index in [1.54, 1.807) is 0 Å². The van der Waals surface area contributed by atoms with E-state index in [1.165, 1.54) is 5.56 Å². The molecule has 0 saturated heterocycles. The van der Waals surface area contributed by atoms with Gasteiger partial charge in [-0.25, -0.2) is 0 Å². The lowest BCUT2D eigenvalue weighted by Crippen LogP contribution is -2.18. The zero-order valence-corrected chi connectivity index (χ0v) is 12.5. The molecule has 0 bridgehead atoms. The van der Waals surface area contributed by atoms with Crippen molar-refractivity contribution in [2.24, 2.45) is 0 Å². The van der Waals surface area contributed by atoms with Gasteiger partial charge < -0.3 is 10.1 Å². The maximum Gasteiger partial charge on any atom is 0.119 e. The molecule has 1 unspecified atom stereocenters. The lowest BCUT2D eigenvalue weighted by Gasteiger charge is -2.15. The number of nitriles is 1. The SMILES string of the molecule is CCOc1ccc(C(C)NCc2cccc(C#N)c2)cc1. The molecule has 0 spiro atoms. The largest absolute Gasteiger partial charge is 0.494 e. The van der Waals surface area contributed by atoms with Crippen molar-refractivity contribution >= 4 is 0 Å². The molecule has 108 valence electrons. The maximum absolute atomic E-state index is 8.90. The molecule has 3 heteroatoms. The summed E-state index contributed by atoms with van der Waals surface area (Å²) in [5.41, 5.74) is 3.03. The molecule has 2 aromatic rings. The predicted molar refractivity (Wildman–Crippen MR) is 84.0 cm³/mol. The summed E-state index contributed by atoms with van der Waals surface area (Å²) in [5.74, 6) is 0.898. The van der Waals surface area contributed by atoms with Crippen molar-refractivity contribution in [3.63, 3.8) is 0 Å². The molecule has 0 aliphatic heterocycles. The number of hydrogen-bond donors (Lipinski definition) is 1. The molecular formula is C18H20N2O. The fraction of sp³-hybridized carbons (Fsp3) is 0.278. The summed E-state index contributed by atoms with van der Waals surface area (Å²) in [6.07, 6.45) is 0. The minimum Gasteiger partial charge on any atom is -0.494 e. The molecule has 1 atom stereocenters. The Morgan fingerprint density at radius 2 is 1.95 bits per heavy atom. The average Bonchev–Trinajstić information content (AvgIpc) is 2.54. The second-order valence-electron chi connectivity index (χ2n) is 4.92. The molecule has 0 saturated carbocycles. The normalized spacial score (nSPS) is 11.7. The first-order valence-electron chi connectivity index (χ1n) is 7.18. The number of ether oxygens (including phenoxy) is 1. The summed E-state index contributed by atoms with van der Waals surface area (Å²) in [5, 5.41) is 12.4. The fourth-order valence-electron chi connectivity index (χ4n) is 2.16. The minimum atomic E-state index is 0.242. The molecule has 0 fully saturated rings. The summed E-state index contributed by atoms with van der Waals surface area (Å²) in [7, 11) is 0.